The first-order valence-electron chi connectivity index (χ1n) is 6.75. The molecule has 0 aliphatic heterocycles. The minimum Gasteiger partial charge on any atom is -0.399 e. The maximum Gasteiger partial charge on any atom is 0.251 e. The molecule has 0 spiro atoms. The first-order valence-corrected chi connectivity index (χ1v) is 8.64. The number of carbonyl (C=O) groups excluding carboxylic acids is 1. The van der Waals surface area contributed by atoms with Crippen LogP contribution in [-0.2, 0) is 14.6 Å². The second-order valence-corrected chi connectivity index (χ2v) is 7.36. The molecule has 21 heavy (non-hydrogen) atoms. The van der Waals surface area contributed by atoms with Crippen LogP contribution in [0.25, 0.3) is 0 Å². The molecule has 1 amide bonds. The largest absolute Gasteiger partial charge is 0.399 e. The zero-order valence-electron chi connectivity index (χ0n) is 12.1. The van der Waals surface area contributed by atoms with Crippen LogP contribution in [0.2, 0.25) is 0 Å². The maximum absolute atomic E-state index is 12.3. The highest BCUT2D eigenvalue weighted by molar-refractivity contribution is 7.90. The van der Waals surface area contributed by atoms with E-state index in [9.17, 15) is 13.2 Å². The van der Waals surface area contributed by atoms with E-state index in [1.165, 1.54) is 18.2 Å². The number of rotatable bonds is 4. The van der Waals surface area contributed by atoms with Crippen molar-refractivity contribution in [1.29, 1.82) is 0 Å². The van der Waals surface area contributed by atoms with Crippen LogP contribution < -0.4 is 11.1 Å². The summed E-state index contributed by atoms with van der Waals surface area (Å²) in [6.45, 7) is 0. The van der Waals surface area contributed by atoms with Crippen LogP contribution >= 0.6 is 0 Å². The Morgan fingerprint density at radius 2 is 2.05 bits per heavy atom. The van der Waals surface area contributed by atoms with Gasteiger partial charge in [0.1, 0.15) is 0 Å². The highest BCUT2D eigenvalue weighted by Gasteiger charge is 2.28. The number of amides is 1. The van der Waals surface area contributed by atoms with E-state index in [-0.39, 0.29) is 34.2 Å². The van der Waals surface area contributed by atoms with Crippen LogP contribution in [-0.4, -0.2) is 39.8 Å². The van der Waals surface area contributed by atoms with E-state index in [1.54, 1.807) is 7.11 Å². The lowest BCUT2D eigenvalue weighted by atomic mass is 10.1. The number of methoxy groups -OCH3 is 1. The SMILES string of the molecule is COC1CCCC1NC(=O)c1cc(N)cc(S(C)(=O)=O)c1. The molecule has 1 aromatic carbocycles. The third-order valence-electron chi connectivity index (χ3n) is 3.69. The fourth-order valence-corrected chi connectivity index (χ4v) is 3.28. The van der Waals surface area contributed by atoms with E-state index in [0.29, 0.717) is 0 Å². The Kier molecular flexibility index (Phi) is 4.53. The third-order valence-corrected chi connectivity index (χ3v) is 4.78. The monoisotopic (exact) mass is 312 g/mol. The van der Waals surface area contributed by atoms with E-state index in [1.807, 2.05) is 0 Å². The molecule has 1 saturated carbocycles. The normalized spacial score (nSPS) is 22.2. The van der Waals surface area contributed by atoms with Crippen molar-refractivity contribution in [3.8, 4) is 0 Å². The number of anilines is 1. The van der Waals surface area contributed by atoms with Gasteiger partial charge in [0.05, 0.1) is 17.0 Å². The maximum atomic E-state index is 12.3. The van der Waals surface area contributed by atoms with Crippen molar-refractivity contribution in [2.45, 2.75) is 36.3 Å². The second-order valence-electron chi connectivity index (χ2n) is 5.35. The van der Waals surface area contributed by atoms with Gasteiger partial charge in [-0.1, -0.05) is 0 Å². The van der Waals surface area contributed by atoms with Crippen LogP contribution in [0.5, 0.6) is 0 Å². The zero-order chi connectivity index (χ0) is 15.6. The van der Waals surface area contributed by atoms with Gasteiger partial charge in [-0.25, -0.2) is 8.42 Å². The van der Waals surface area contributed by atoms with Gasteiger partial charge in [0.15, 0.2) is 9.84 Å². The van der Waals surface area contributed by atoms with Crippen LogP contribution in [0.1, 0.15) is 29.6 Å². The molecule has 1 aliphatic rings. The number of hydrogen-bond acceptors (Lipinski definition) is 5. The van der Waals surface area contributed by atoms with E-state index in [2.05, 4.69) is 5.32 Å². The number of nitrogens with two attached hydrogens (primary N) is 1. The Morgan fingerprint density at radius 3 is 2.67 bits per heavy atom. The Hall–Kier alpha value is -1.60. The predicted molar refractivity (Wildman–Crippen MR) is 79.9 cm³/mol. The summed E-state index contributed by atoms with van der Waals surface area (Å²) in [4.78, 5) is 12.3. The molecule has 116 valence electrons. The van der Waals surface area contributed by atoms with Gasteiger partial charge >= 0.3 is 0 Å². The Bertz CT molecular complexity index is 642. The summed E-state index contributed by atoms with van der Waals surface area (Å²) in [5, 5.41) is 2.89. The molecule has 0 aromatic heterocycles. The molecule has 6 nitrogen and oxygen atoms in total. The molecule has 2 unspecified atom stereocenters. The fourth-order valence-electron chi connectivity index (χ4n) is 2.59. The lowest BCUT2D eigenvalue weighted by Gasteiger charge is -2.19. The van der Waals surface area contributed by atoms with Gasteiger partial charge in [0.2, 0.25) is 0 Å². The predicted octanol–water partition coefficient (Wildman–Crippen LogP) is 0.970. The number of ether oxygens (including phenoxy) is 1. The summed E-state index contributed by atoms with van der Waals surface area (Å²) in [6.07, 6.45) is 3.85. The summed E-state index contributed by atoms with van der Waals surface area (Å²) in [7, 11) is -1.79. The number of sulfone groups is 1. The number of nitrogen functional groups attached to an aromatic ring is 1. The third kappa shape index (κ3) is 3.74. The lowest BCUT2D eigenvalue weighted by Crippen LogP contribution is -2.40. The highest BCUT2D eigenvalue weighted by atomic mass is 32.2. The van der Waals surface area contributed by atoms with Crippen LogP contribution in [0, 0.1) is 0 Å². The van der Waals surface area contributed by atoms with Gasteiger partial charge in [-0.15, -0.1) is 0 Å². The Labute approximate surface area is 124 Å². The van der Waals surface area contributed by atoms with Gasteiger partial charge in [-0.05, 0) is 37.5 Å². The lowest BCUT2D eigenvalue weighted by molar-refractivity contribution is 0.0722. The van der Waals surface area contributed by atoms with Crippen molar-refractivity contribution >= 4 is 21.4 Å². The Morgan fingerprint density at radius 1 is 1.33 bits per heavy atom. The van der Waals surface area contributed by atoms with Crippen molar-refractivity contribution in [2.75, 3.05) is 19.1 Å². The highest BCUT2D eigenvalue weighted by Crippen LogP contribution is 2.22. The molecule has 2 atom stereocenters. The molecule has 1 aromatic rings. The molecular formula is C14H20N2O4S. The average Bonchev–Trinajstić information content (AvgIpc) is 2.84. The van der Waals surface area contributed by atoms with Crippen molar-refractivity contribution in [3.63, 3.8) is 0 Å². The van der Waals surface area contributed by atoms with E-state index >= 15 is 0 Å². The molecule has 1 aliphatic carbocycles. The smallest absolute Gasteiger partial charge is 0.251 e. The van der Waals surface area contributed by atoms with Crippen molar-refractivity contribution in [1.82, 2.24) is 5.32 Å². The van der Waals surface area contributed by atoms with Crippen LogP contribution in [0.15, 0.2) is 23.1 Å². The van der Waals surface area contributed by atoms with E-state index in [4.69, 9.17) is 10.5 Å². The standard InChI is InChI=1S/C14H20N2O4S/c1-20-13-5-3-4-12(13)16-14(17)9-6-10(15)8-11(7-9)21(2,18)19/h6-8,12-13H,3-5,15H2,1-2H3,(H,16,17). The molecule has 1 fully saturated rings. The van der Waals surface area contributed by atoms with Gasteiger partial charge < -0.3 is 15.8 Å². The number of nitrogens with one attached hydrogen (secondary N) is 1. The van der Waals surface area contributed by atoms with Crippen molar-refractivity contribution in [2.24, 2.45) is 0 Å². The first-order chi connectivity index (χ1) is 9.81. The number of benzene rings is 1. The summed E-state index contributed by atoms with van der Waals surface area (Å²) in [5.41, 5.74) is 6.18. The quantitative estimate of drug-likeness (QED) is 0.807. The van der Waals surface area contributed by atoms with Gasteiger partial charge in [-0.2, -0.15) is 0 Å². The van der Waals surface area contributed by atoms with Gasteiger partial charge in [0.25, 0.3) is 5.91 Å². The summed E-state index contributed by atoms with van der Waals surface area (Å²) < 4.78 is 28.5. The van der Waals surface area contributed by atoms with Crippen LogP contribution in [0.3, 0.4) is 0 Å². The minimum atomic E-state index is -3.41. The molecule has 0 radical (unpaired) electrons. The molecule has 0 heterocycles. The van der Waals surface area contributed by atoms with Crippen molar-refractivity contribution in [3.05, 3.63) is 23.8 Å². The Balaban J connectivity index is 2.21. The fraction of sp³-hybridized carbons (Fsp3) is 0.500. The minimum absolute atomic E-state index is 0.00406. The summed E-state index contributed by atoms with van der Waals surface area (Å²) >= 11 is 0. The van der Waals surface area contributed by atoms with E-state index in [0.717, 1.165) is 25.5 Å². The topological polar surface area (TPSA) is 98.5 Å². The molecule has 2 rings (SSSR count). The average molecular weight is 312 g/mol. The van der Waals surface area contributed by atoms with Crippen LogP contribution in [0.4, 0.5) is 5.69 Å². The summed E-state index contributed by atoms with van der Waals surface area (Å²) in [5.74, 6) is -0.332. The van der Waals surface area contributed by atoms with Crippen molar-refractivity contribution < 1.29 is 17.9 Å². The van der Waals surface area contributed by atoms with Gasteiger partial charge in [0, 0.05) is 24.6 Å². The number of carbonyl (C=O) groups is 1. The molecule has 0 bridgehead atoms. The van der Waals surface area contributed by atoms with E-state index < -0.39 is 9.84 Å². The first kappa shape index (κ1) is 15.8. The molecule has 0 saturated heterocycles. The zero-order valence-corrected chi connectivity index (χ0v) is 12.9. The van der Waals surface area contributed by atoms with Gasteiger partial charge in [-0.3, -0.25) is 4.79 Å². The second kappa shape index (κ2) is 6.03. The molecule has 7 heteroatoms. The molecule has 3 N–H and O–H groups in total. The number of hydrogen-bond donors (Lipinski definition) is 2. The molecular weight excluding hydrogens is 292 g/mol. The summed E-state index contributed by atoms with van der Waals surface area (Å²) in [6, 6.07) is 4.11.